The molecule has 0 atom stereocenters. The van der Waals surface area contributed by atoms with E-state index < -0.39 is 5.97 Å². The van der Waals surface area contributed by atoms with Gasteiger partial charge >= 0.3 is 5.97 Å². The molecule has 0 fully saturated rings. The minimum Gasteiger partial charge on any atom is -0.493 e. The number of thiazole rings is 1. The molecule has 0 aliphatic heterocycles. The molecular weight excluding hydrogens is 428 g/mol. The van der Waals surface area contributed by atoms with Crippen LogP contribution in [0.1, 0.15) is 34.3 Å². The Morgan fingerprint density at radius 3 is 2.62 bits per heavy atom. The van der Waals surface area contributed by atoms with Crippen molar-refractivity contribution in [1.29, 1.82) is 0 Å². The Bertz CT molecular complexity index is 1140. The van der Waals surface area contributed by atoms with Crippen LogP contribution in [0.4, 0.5) is 5.13 Å². The summed E-state index contributed by atoms with van der Waals surface area (Å²) in [5, 5.41) is 5.31. The molecule has 1 amide bonds. The van der Waals surface area contributed by atoms with E-state index in [1.807, 2.05) is 5.38 Å². The molecular formula is C24H24N2O5S. The molecule has 1 aromatic heterocycles. The average Bonchev–Trinajstić information content (AvgIpc) is 3.30. The van der Waals surface area contributed by atoms with Crippen LogP contribution in [0.25, 0.3) is 11.3 Å². The molecule has 1 aliphatic rings. The van der Waals surface area contributed by atoms with E-state index in [9.17, 15) is 9.59 Å². The van der Waals surface area contributed by atoms with Gasteiger partial charge in [-0.05, 0) is 61.1 Å². The van der Waals surface area contributed by atoms with Crippen molar-refractivity contribution in [3.63, 3.8) is 0 Å². The fourth-order valence-corrected chi connectivity index (χ4v) is 4.36. The molecule has 1 heterocycles. The number of carbonyl (C=O) groups excluding carboxylic acids is 2. The highest BCUT2D eigenvalue weighted by Crippen LogP contribution is 2.31. The summed E-state index contributed by atoms with van der Waals surface area (Å²) in [7, 11) is 2.75. The van der Waals surface area contributed by atoms with Crippen LogP contribution >= 0.6 is 11.3 Å². The minimum atomic E-state index is -0.507. The van der Waals surface area contributed by atoms with Gasteiger partial charge in [-0.2, -0.15) is 0 Å². The first-order chi connectivity index (χ1) is 15.6. The van der Waals surface area contributed by atoms with Gasteiger partial charge < -0.3 is 14.2 Å². The monoisotopic (exact) mass is 452 g/mol. The molecule has 8 heteroatoms. The van der Waals surface area contributed by atoms with Crippen molar-refractivity contribution in [3.05, 3.63) is 58.5 Å². The highest BCUT2D eigenvalue weighted by molar-refractivity contribution is 7.14. The fourth-order valence-electron chi connectivity index (χ4n) is 3.65. The van der Waals surface area contributed by atoms with Gasteiger partial charge in [-0.1, -0.05) is 12.1 Å². The summed E-state index contributed by atoms with van der Waals surface area (Å²) >= 11 is 1.38. The van der Waals surface area contributed by atoms with E-state index in [0.29, 0.717) is 22.2 Å². The summed E-state index contributed by atoms with van der Waals surface area (Å²) in [5.41, 5.74) is 5.13. The number of carbonyl (C=O) groups is 2. The van der Waals surface area contributed by atoms with Gasteiger partial charge in [-0.25, -0.2) is 9.78 Å². The van der Waals surface area contributed by atoms with Crippen LogP contribution in [0.15, 0.2) is 41.8 Å². The number of nitrogens with zero attached hydrogens (tertiary/aromatic N) is 1. The van der Waals surface area contributed by atoms with Gasteiger partial charge in [0.2, 0.25) is 0 Å². The zero-order valence-electron chi connectivity index (χ0n) is 18.0. The number of amides is 1. The molecule has 0 bridgehead atoms. The number of ether oxygens (including phenoxy) is 3. The van der Waals surface area contributed by atoms with Crippen molar-refractivity contribution in [2.75, 3.05) is 26.1 Å². The van der Waals surface area contributed by atoms with Crippen LogP contribution in [0.3, 0.4) is 0 Å². The molecule has 0 saturated heterocycles. The molecule has 2 aromatic carbocycles. The largest absolute Gasteiger partial charge is 0.493 e. The van der Waals surface area contributed by atoms with E-state index in [1.165, 1.54) is 49.5 Å². The second-order valence-corrected chi connectivity index (χ2v) is 8.27. The third-order valence-electron chi connectivity index (χ3n) is 5.37. The zero-order chi connectivity index (χ0) is 22.5. The lowest BCUT2D eigenvalue weighted by atomic mass is 9.90. The molecule has 0 saturated carbocycles. The summed E-state index contributed by atoms with van der Waals surface area (Å²) in [5.74, 6) is -0.129. The SMILES string of the molecule is COC(=O)COc1ccc(C(=O)Nc2nc(-c3ccc4c(c3)CCCC4)cs2)cc1OC. The molecule has 1 N–H and O–H groups in total. The summed E-state index contributed by atoms with van der Waals surface area (Å²) in [6.07, 6.45) is 4.73. The molecule has 0 radical (unpaired) electrons. The number of anilines is 1. The number of rotatable bonds is 7. The second-order valence-electron chi connectivity index (χ2n) is 7.41. The zero-order valence-corrected chi connectivity index (χ0v) is 18.8. The molecule has 0 unspecified atom stereocenters. The normalized spacial score (nSPS) is 12.6. The fraction of sp³-hybridized carbons (Fsp3) is 0.292. The van der Waals surface area contributed by atoms with Crippen molar-refractivity contribution in [3.8, 4) is 22.8 Å². The van der Waals surface area contributed by atoms with Gasteiger partial charge in [0.15, 0.2) is 23.2 Å². The summed E-state index contributed by atoms with van der Waals surface area (Å²) < 4.78 is 15.2. The summed E-state index contributed by atoms with van der Waals surface area (Å²) in [6.45, 7) is -0.247. The van der Waals surface area contributed by atoms with Gasteiger partial charge in [-0.3, -0.25) is 10.1 Å². The predicted octanol–water partition coefficient (Wildman–Crippen LogP) is 4.50. The smallest absolute Gasteiger partial charge is 0.343 e. The molecule has 3 aromatic rings. The number of hydrogen-bond acceptors (Lipinski definition) is 7. The van der Waals surface area contributed by atoms with Crippen LogP contribution in [0.5, 0.6) is 11.5 Å². The van der Waals surface area contributed by atoms with E-state index in [0.717, 1.165) is 24.1 Å². The van der Waals surface area contributed by atoms with Gasteiger partial charge in [0, 0.05) is 16.5 Å². The lowest BCUT2D eigenvalue weighted by Crippen LogP contribution is -2.14. The van der Waals surface area contributed by atoms with Crippen molar-refractivity contribution in [1.82, 2.24) is 4.98 Å². The van der Waals surface area contributed by atoms with Crippen LogP contribution in [-0.2, 0) is 22.4 Å². The van der Waals surface area contributed by atoms with Crippen LogP contribution in [-0.4, -0.2) is 37.7 Å². The van der Waals surface area contributed by atoms with E-state index >= 15 is 0 Å². The first-order valence-corrected chi connectivity index (χ1v) is 11.2. The molecule has 32 heavy (non-hydrogen) atoms. The van der Waals surface area contributed by atoms with E-state index in [4.69, 9.17) is 9.47 Å². The number of esters is 1. The molecule has 0 spiro atoms. The number of aromatic nitrogens is 1. The third-order valence-corrected chi connectivity index (χ3v) is 6.13. The molecule has 1 aliphatic carbocycles. The third kappa shape index (κ3) is 4.91. The first-order valence-electron chi connectivity index (χ1n) is 10.3. The van der Waals surface area contributed by atoms with E-state index in [2.05, 4.69) is 33.2 Å². The lowest BCUT2D eigenvalue weighted by molar-refractivity contribution is -0.142. The van der Waals surface area contributed by atoms with Gasteiger partial charge in [0.05, 0.1) is 19.9 Å². The van der Waals surface area contributed by atoms with Crippen molar-refractivity contribution < 1.29 is 23.8 Å². The first kappa shape index (κ1) is 21.8. The van der Waals surface area contributed by atoms with Crippen molar-refractivity contribution >= 4 is 28.3 Å². The van der Waals surface area contributed by atoms with Gasteiger partial charge in [-0.15, -0.1) is 11.3 Å². The highest BCUT2D eigenvalue weighted by Gasteiger charge is 2.16. The van der Waals surface area contributed by atoms with Crippen molar-refractivity contribution in [2.24, 2.45) is 0 Å². The number of aryl methyl sites for hydroxylation is 2. The summed E-state index contributed by atoms with van der Waals surface area (Å²) in [4.78, 5) is 28.6. The Morgan fingerprint density at radius 1 is 1.03 bits per heavy atom. The Labute approximate surface area is 190 Å². The highest BCUT2D eigenvalue weighted by atomic mass is 32.1. The van der Waals surface area contributed by atoms with Crippen LogP contribution < -0.4 is 14.8 Å². The maximum Gasteiger partial charge on any atom is 0.343 e. The number of nitrogens with one attached hydrogen (secondary N) is 1. The van der Waals surface area contributed by atoms with Crippen LogP contribution in [0, 0.1) is 0 Å². The Kier molecular flexibility index (Phi) is 6.70. The van der Waals surface area contributed by atoms with Gasteiger partial charge in [0.1, 0.15) is 0 Å². The maximum absolute atomic E-state index is 12.7. The Morgan fingerprint density at radius 2 is 1.84 bits per heavy atom. The molecule has 4 rings (SSSR count). The van der Waals surface area contributed by atoms with Crippen molar-refractivity contribution in [2.45, 2.75) is 25.7 Å². The number of methoxy groups -OCH3 is 2. The Balaban J connectivity index is 1.45. The van der Waals surface area contributed by atoms with E-state index in [-0.39, 0.29) is 12.5 Å². The standard InChI is InChI=1S/C24H24N2O5S/c1-29-21-12-18(9-10-20(21)31-13-22(27)30-2)23(28)26-24-25-19(14-32-24)17-8-7-15-5-3-4-6-16(15)11-17/h7-12,14H,3-6,13H2,1-2H3,(H,25,26,28). The minimum absolute atomic E-state index is 0.247. The molecule has 166 valence electrons. The Hall–Kier alpha value is -3.39. The van der Waals surface area contributed by atoms with E-state index in [1.54, 1.807) is 18.2 Å². The predicted molar refractivity (Wildman–Crippen MR) is 123 cm³/mol. The summed E-state index contributed by atoms with van der Waals surface area (Å²) in [6, 6.07) is 11.2. The van der Waals surface area contributed by atoms with Gasteiger partial charge in [0.25, 0.3) is 5.91 Å². The number of hydrogen-bond donors (Lipinski definition) is 1. The second kappa shape index (κ2) is 9.82. The number of fused-ring (bicyclic) bond motifs is 1. The number of benzene rings is 2. The molecule has 7 nitrogen and oxygen atoms in total. The average molecular weight is 453 g/mol. The quantitative estimate of drug-likeness (QED) is 0.531. The lowest BCUT2D eigenvalue weighted by Gasteiger charge is -2.16. The topological polar surface area (TPSA) is 86.8 Å². The maximum atomic E-state index is 12.7. The van der Waals surface area contributed by atoms with Crippen LogP contribution in [0.2, 0.25) is 0 Å².